The second kappa shape index (κ2) is 3.92. The Kier molecular flexibility index (Phi) is 2.41. The van der Waals surface area contributed by atoms with Gasteiger partial charge in [-0.2, -0.15) is 5.26 Å². The van der Waals surface area contributed by atoms with Gasteiger partial charge in [0.05, 0.1) is 11.6 Å². The zero-order valence-electron chi connectivity index (χ0n) is 9.39. The smallest absolute Gasteiger partial charge is 0.0991 e. The van der Waals surface area contributed by atoms with E-state index in [1.54, 1.807) is 0 Å². The zero-order valence-corrected chi connectivity index (χ0v) is 9.39. The van der Waals surface area contributed by atoms with E-state index in [9.17, 15) is 0 Å². The van der Waals surface area contributed by atoms with E-state index in [1.807, 2.05) is 12.1 Å². The summed E-state index contributed by atoms with van der Waals surface area (Å²) in [6.45, 7) is 2.51. The molecule has 1 saturated carbocycles. The molecule has 16 heavy (non-hydrogen) atoms. The lowest BCUT2D eigenvalue weighted by atomic mass is 9.86. The first kappa shape index (κ1) is 9.86. The molecule has 0 spiro atoms. The Morgan fingerprint density at radius 3 is 2.56 bits per heavy atom. The van der Waals surface area contributed by atoms with Crippen molar-refractivity contribution < 1.29 is 0 Å². The molecule has 0 aromatic heterocycles. The number of nitrogens with zero attached hydrogens (tertiary/aromatic N) is 2. The van der Waals surface area contributed by atoms with Crippen LogP contribution in [0.2, 0.25) is 0 Å². The molecule has 2 saturated heterocycles. The lowest BCUT2D eigenvalue weighted by Gasteiger charge is -2.25. The van der Waals surface area contributed by atoms with Crippen molar-refractivity contribution in [3.63, 3.8) is 0 Å². The van der Waals surface area contributed by atoms with Gasteiger partial charge in [0, 0.05) is 19.1 Å². The molecule has 3 aliphatic rings. The molecule has 2 heterocycles. The third kappa shape index (κ3) is 1.72. The van der Waals surface area contributed by atoms with Crippen LogP contribution in [-0.4, -0.2) is 24.0 Å². The summed E-state index contributed by atoms with van der Waals surface area (Å²) in [6.07, 6.45) is 4.00. The monoisotopic (exact) mass is 212 g/mol. The van der Waals surface area contributed by atoms with E-state index in [0.29, 0.717) is 0 Å². The maximum atomic E-state index is 8.71. The standard InChI is InChI=1S/C14H16N2/c15-9-12-3-1-11(2-4-12)5-6-16-10-13-7-14(16)8-13/h1-4,13-14H,5-8,10H2. The maximum absolute atomic E-state index is 8.71. The number of hydrogen-bond acceptors (Lipinski definition) is 2. The first-order valence-electron chi connectivity index (χ1n) is 6.08. The molecule has 0 atom stereocenters. The average molecular weight is 212 g/mol. The first-order valence-corrected chi connectivity index (χ1v) is 6.08. The Morgan fingerprint density at radius 2 is 2.00 bits per heavy atom. The number of nitriles is 1. The van der Waals surface area contributed by atoms with E-state index >= 15 is 0 Å². The Hall–Kier alpha value is -1.33. The molecule has 1 aromatic carbocycles. The van der Waals surface area contributed by atoms with Crippen LogP contribution in [0.15, 0.2) is 24.3 Å². The van der Waals surface area contributed by atoms with Gasteiger partial charge in [0.15, 0.2) is 0 Å². The Morgan fingerprint density at radius 1 is 1.25 bits per heavy atom. The lowest BCUT2D eigenvalue weighted by Crippen LogP contribution is -2.30. The quantitative estimate of drug-likeness (QED) is 0.768. The second-order valence-corrected chi connectivity index (χ2v) is 5.04. The fourth-order valence-corrected chi connectivity index (χ4v) is 2.92. The van der Waals surface area contributed by atoms with Crippen molar-refractivity contribution in [2.45, 2.75) is 25.3 Å². The van der Waals surface area contributed by atoms with Crippen LogP contribution in [-0.2, 0) is 6.42 Å². The minimum absolute atomic E-state index is 0.757. The van der Waals surface area contributed by atoms with Gasteiger partial charge in [0.1, 0.15) is 0 Å². The van der Waals surface area contributed by atoms with E-state index in [1.165, 1.54) is 31.5 Å². The van der Waals surface area contributed by atoms with Crippen LogP contribution in [0.1, 0.15) is 24.0 Å². The highest BCUT2D eigenvalue weighted by atomic mass is 15.2. The first-order chi connectivity index (χ1) is 7.85. The molecule has 0 amide bonds. The average Bonchev–Trinajstić information content (AvgIpc) is 2.85. The van der Waals surface area contributed by atoms with Crippen molar-refractivity contribution in [3.05, 3.63) is 35.4 Å². The molecule has 3 fully saturated rings. The van der Waals surface area contributed by atoms with Crippen molar-refractivity contribution in [2.75, 3.05) is 13.1 Å². The van der Waals surface area contributed by atoms with Crippen LogP contribution < -0.4 is 0 Å². The highest BCUT2D eigenvalue weighted by Crippen LogP contribution is 2.40. The molecular weight excluding hydrogens is 196 g/mol. The van der Waals surface area contributed by atoms with Gasteiger partial charge in [-0.25, -0.2) is 0 Å². The molecule has 1 aliphatic carbocycles. The molecule has 2 aliphatic heterocycles. The summed E-state index contributed by atoms with van der Waals surface area (Å²) in [5.41, 5.74) is 2.11. The number of rotatable bonds is 3. The number of hydrogen-bond donors (Lipinski definition) is 0. The Balaban J connectivity index is 1.56. The molecule has 0 unspecified atom stereocenters. The van der Waals surface area contributed by atoms with E-state index < -0.39 is 0 Å². The van der Waals surface area contributed by atoms with E-state index in [-0.39, 0.29) is 0 Å². The molecular formula is C14H16N2. The van der Waals surface area contributed by atoms with Crippen LogP contribution in [0, 0.1) is 17.2 Å². The van der Waals surface area contributed by atoms with Crippen LogP contribution in [0.5, 0.6) is 0 Å². The molecule has 0 N–H and O–H groups in total. The summed E-state index contributed by atoms with van der Waals surface area (Å²) in [6, 6.07) is 11.0. The highest BCUT2D eigenvalue weighted by molar-refractivity contribution is 5.31. The van der Waals surface area contributed by atoms with Gasteiger partial charge in [0.25, 0.3) is 0 Å². The maximum Gasteiger partial charge on any atom is 0.0991 e. The summed E-state index contributed by atoms with van der Waals surface area (Å²) in [5.74, 6) is 1.01. The van der Waals surface area contributed by atoms with Gasteiger partial charge >= 0.3 is 0 Å². The number of fused-ring (bicyclic) bond motifs is 1. The van der Waals surface area contributed by atoms with Gasteiger partial charge in [0.2, 0.25) is 0 Å². The van der Waals surface area contributed by atoms with Crippen molar-refractivity contribution in [3.8, 4) is 6.07 Å². The van der Waals surface area contributed by atoms with Gasteiger partial charge in [-0.05, 0) is 42.9 Å². The van der Waals surface area contributed by atoms with Gasteiger partial charge in [-0.1, -0.05) is 12.1 Å². The lowest BCUT2D eigenvalue weighted by molar-refractivity contribution is 0.249. The predicted octanol–water partition coefficient (Wildman–Crippen LogP) is 2.19. The third-order valence-electron chi connectivity index (χ3n) is 3.99. The molecule has 1 aromatic rings. The Labute approximate surface area is 96.5 Å². The van der Waals surface area contributed by atoms with Gasteiger partial charge < -0.3 is 0 Å². The van der Waals surface area contributed by atoms with Crippen LogP contribution >= 0.6 is 0 Å². The third-order valence-corrected chi connectivity index (χ3v) is 3.99. The van der Waals surface area contributed by atoms with Crippen molar-refractivity contribution in [2.24, 2.45) is 5.92 Å². The molecule has 2 heteroatoms. The highest BCUT2D eigenvalue weighted by Gasteiger charge is 2.41. The number of benzene rings is 1. The predicted molar refractivity (Wildman–Crippen MR) is 62.9 cm³/mol. The SMILES string of the molecule is N#Cc1ccc(CCN2CC3CC2C3)cc1. The van der Waals surface area contributed by atoms with Crippen molar-refractivity contribution >= 4 is 0 Å². The Bertz CT molecular complexity index is 409. The van der Waals surface area contributed by atoms with Crippen LogP contribution in [0.3, 0.4) is 0 Å². The van der Waals surface area contributed by atoms with E-state index in [0.717, 1.165) is 23.9 Å². The molecule has 82 valence electrons. The summed E-state index contributed by atoms with van der Waals surface area (Å²) in [4.78, 5) is 2.63. The summed E-state index contributed by atoms with van der Waals surface area (Å²) in [5, 5.41) is 8.71. The normalized spacial score (nSPS) is 27.4. The van der Waals surface area contributed by atoms with Crippen molar-refractivity contribution in [1.29, 1.82) is 5.26 Å². The fraction of sp³-hybridized carbons (Fsp3) is 0.500. The minimum atomic E-state index is 0.757. The van der Waals surface area contributed by atoms with E-state index in [2.05, 4.69) is 23.1 Å². The van der Waals surface area contributed by atoms with Gasteiger partial charge in [-0.15, -0.1) is 0 Å². The van der Waals surface area contributed by atoms with Gasteiger partial charge in [-0.3, -0.25) is 4.90 Å². The molecule has 2 bridgehead atoms. The summed E-state index contributed by atoms with van der Waals surface area (Å²) < 4.78 is 0. The van der Waals surface area contributed by atoms with Crippen molar-refractivity contribution in [1.82, 2.24) is 4.90 Å². The summed E-state index contributed by atoms with van der Waals surface area (Å²) in [7, 11) is 0. The fourth-order valence-electron chi connectivity index (χ4n) is 2.92. The molecule has 0 radical (unpaired) electrons. The molecule has 4 rings (SSSR count). The second-order valence-electron chi connectivity index (χ2n) is 5.04. The van der Waals surface area contributed by atoms with Crippen LogP contribution in [0.25, 0.3) is 0 Å². The summed E-state index contributed by atoms with van der Waals surface area (Å²) >= 11 is 0. The topological polar surface area (TPSA) is 27.0 Å². The van der Waals surface area contributed by atoms with E-state index in [4.69, 9.17) is 5.26 Å². The minimum Gasteiger partial charge on any atom is -0.300 e. The zero-order chi connectivity index (χ0) is 11.0. The largest absolute Gasteiger partial charge is 0.300 e. The molecule has 2 nitrogen and oxygen atoms in total. The van der Waals surface area contributed by atoms with Crippen LogP contribution in [0.4, 0.5) is 0 Å².